The van der Waals surface area contributed by atoms with E-state index in [1.807, 2.05) is 55.5 Å². The van der Waals surface area contributed by atoms with Crippen molar-refractivity contribution in [3.05, 3.63) is 59.7 Å². The van der Waals surface area contributed by atoms with Crippen LogP contribution >= 0.6 is 0 Å². The van der Waals surface area contributed by atoms with Gasteiger partial charge in [0.05, 0.1) is 6.21 Å². The number of rotatable bonds is 3. The highest BCUT2D eigenvalue weighted by Crippen LogP contribution is 2.21. The van der Waals surface area contributed by atoms with E-state index >= 15 is 0 Å². The first-order valence-electron chi connectivity index (χ1n) is 5.36. The van der Waals surface area contributed by atoms with Crippen LogP contribution in [0, 0.1) is 6.92 Å². The summed E-state index contributed by atoms with van der Waals surface area (Å²) in [7, 11) is 0. The Hall–Kier alpha value is -2.29. The van der Waals surface area contributed by atoms with Gasteiger partial charge in [0.15, 0.2) is 0 Å². The topological polar surface area (TPSA) is 47.6 Å². The molecule has 2 N–H and O–H groups in total. The first-order valence-corrected chi connectivity index (χ1v) is 5.36. The average molecular weight is 226 g/mol. The lowest BCUT2D eigenvalue weighted by Gasteiger charge is -2.05. The van der Waals surface area contributed by atoms with Crippen molar-refractivity contribution in [1.82, 2.24) is 0 Å². The summed E-state index contributed by atoms with van der Waals surface area (Å²) in [6, 6.07) is 15.5. The Labute approximate surface area is 101 Å². The van der Waals surface area contributed by atoms with Gasteiger partial charge in [0.1, 0.15) is 11.5 Å². The molecule has 0 spiro atoms. The second-order valence-corrected chi connectivity index (χ2v) is 3.76. The van der Waals surface area contributed by atoms with Crippen molar-refractivity contribution in [1.29, 1.82) is 0 Å². The number of hydrazone groups is 1. The van der Waals surface area contributed by atoms with Crippen molar-refractivity contribution in [2.24, 2.45) is 10.9 Å². The van der Waals surface area contributed by atoms with E-state index in [9.17, 15) is 0 Å². The number of hydrogen-bond acceptors (Lipinski definition) is 3. The minimum atomic E-state index is 0.794. The third-order valence-electron chi connectivity index (χ3n) is 2.36. The molecule has 0 unspecified atom stereocenters. The lowest BCUT2D eigenvalue weighted by atomic mass is 10.2. The minimum Gasteiger partial charge on any atom is -0.457 e. The molecule has 86 valence electrons. The third kappa shape index (κ3) is 3.08. The largest absolute Gasteiger partial charge is 0.457 e. The summed E-state index contributed by atoms with van der Waals surface area (Å²) in [6.45, 7) is 2.05. The van der Waals surface area contributed by atoms with Crippen LogP contribution in [0.5, 0.6) is 11.5 Å². The van der Waals surface area contributed by atoms with E-state index in [0.29, 0.717) is 0 Å². The lowest BCUT2D eigenvalue weighted by Crippen LogP contribution is -1.87. The van der Waals surface area contributed by atoms with Gasteiger partial charge in [0, 0.05) is 0 Å². The predicted molar refractivity (Wildman–Crippen MR) is 69.5 cm³/mol. The Balaban J connectivity index is 2.11. The van der Waals surface area contributed by atoms with Crippen LogP contribution in [-0.4, -0.2) is 6.21 Å². The highest BCUT2D eigenvalue weighted by atomic mass is 16.5. The van der Waals surface area contributed by atoms with Crippen molar-refractivity contribution in [3.8, 4) is 11.5 Å². The molecule has 0 saturated carbocycles. The molecule has 0 aliphatic heterocycles. The standard InChI is InChI=1S/C14H14N2O/c1-11-2-6-13(7-3-11)17-14-8-4-12(5-9-14)10-16-15/h2-10H,15H2,1H3. The maximum Gasteiger partial charge on any atom is 0.127 e. The number of nitrogens with two attached hydrogens (primary N) is 1. The zero-order valence-corrected chi connectivity index (χ0v) is 9.63. The molecule has 2 aromatic rings. The van der Waals surface area contributed by atoms with Gasteiger partial charge >= 0.3 is 0 Å². The fourth-order valence-electron chi connectivity index (χ4n) is 1.45. The molecular formula is C14H14N2O. The molecule has 0 radical (unpaired) electrons. The third-order valence-corrected chi connectivity index (χ3v) is 2.36. The lowest BCUT2D eigenvalue weighted by molar-refractivity contribution is 0.482. The van der Waals surface area contributed by atoms with E-state index in [-0.39, 0.29) is 0 Å². The number of aryl methyl sites for hydroxylation is 1. The maximum atomic E-state index is 5.69. The summed E-state index contributed by atoms with van der Waals surface area (Å²) < 4.78 is 5.69. The van der Waals surface area contributed by atoms with Gasteiger partial charge < -0.3 is 10.6 Å². The van der Waals surface area contributed by atoms with Crippen LogP contribution in [0.25, 0.3) is 0 Å². The fraction of sp³-hybridized carbons (Fsp3) is 0.0714. The van der Waals surface area contributed by atoms with Gasteiger partial charge in [-0.1, -0.05) is 17.7 Å². The Morgan fingerprint density at radius 3 is 2.00 bits per heavy atom. The van der Waals surface area contributed by atoms with Crippen molar-refractivity contribution in [2.75, 3.05) is 0 Å². The molecule has 0 bridgehead atoms. The van der Waals surface area contributed by atoms with Crippen LogP contribution in [0.15, 0.2) is 53.6 Å². The molecule has 17 heavy (non-hydrogen) atoms. The molecule has 0 heterocycles. The zero-order valence-electron chi connectivity index (χ0n) is 9.63. The summed E-state index contributed by atoms with van der Waals surface area (Å²) >= 11 is 0. The van der Waals surface area contributed by atoms with Crippen molar-refractivity contribution in [3.63, 3.8) is 0 Å². The quantitative estimate of drug-likeness (QED) is 0.496. The van der Waals surface area contributed by atoms with Crippen molar-refractivity contribution in [2.45, 2.75) is 6.92 Å². The molecule has 3 heteroatoms. The normalized spacial score (nSPS) is 10.6. The number of hydrogen-bond donors (Lipinski definition) is 1. The monoisotopic (exact) mass is 226 g/mol. The molecular weight excluding hydrogens is 212 g/mol. The predicted octanol–water partition coefficient (Wildman–Crippen LogP) is 3.08. The summed E-state index contributed by atoms with van der Waals surface area (Å²) in [5, 5.41) is 3.46. The number of benzene rings is 2. The second kappa shape index (κ2) is 5.16. The summed E-state index contributed by atoms with van der Waals surface area (Å²) in [5.41, 5.74) is 2.16. The van der Waals surface area contributed by atoms with Crippen LogP contribution in [0.2, 0.25) is 0 Å². The van der Waals surface area contributed by atoms with E-state index < -0.39 is 0 Å². The number of nitrogens with zero attached hydrogens (tertiary/aromatic N) is 1. The molecule has 2 aromatic carbocycles. The van der Waals surface area contributed by atoms with Gasteiger partial charge in [-0.15, -0.1) is 0 Å². The SMILES string of the molecule is Cc1ccc(Oc2ccc(C=NN)cc2)cc1. The van der Waals surface area contributed by atoms with Gasteiger partial charge in [-0.2, -0.15) is 5.10 Å². The minimum absolute atomic E-state index is 0.794. The molecule has 0 aliphatic rings. The van der Waals surface area contributed by atoms with Gasteiger partial charge in [-0.3, -0.25) is 0 Å². The van der Waals surface area contributed by atoms with Crippen molar-refractivity contribution < 1.29 is 4.74 Å². The molecule has 0 aliphatic carbocycles. The second-order valence-electron chi connectivity index (χ2n) is 3.76. The van der Waals surface area contributed by atoms with Gasteiger partial charge in [-0.05, 0) is 48.9 Å². The Bertz CT molecular complexity index is 501. The van der Waals surface area contributed by atoms with Crippen LogP contribution in [0.4, 0.5) is 0 Å². The van der Waals surface area contributed by atoms with E-state index in [4.69, 9.17) is 10.6 Å². The zero-order chi connectivity index (χ0) is 12.1. The molecule has 2 rings (SSSR count). The smallest absolute Gasteiger partial charge is 0.127 e. The molecule has 0 fully saturated rings. The van der Waals surface area contributed by atoms with Crippen LogP contribution in [0.1, 0.15) is 11.1 Å². The van der Waals surface area contributed by atoms with Crippen LogP contribution in [0.3, 0.4) is 0 Å². The molecule has 0 atom stereocenters. The fourth-order valence-corrected chi connectivity index (χ4v) is 1.45. The first kappa shape index (κ1) is 11.2. The van der Waals surface area contributed by atoms with Gasteiger partial charge in [-0.25, -0.2) is 0 Å². The highest BCUT2D eigenvalue weighted by Gasteiger charge is 1.96. The molecule has 0 aromatic heterocycles. The van der Waals surface area contributed by atoms with E-state index in [1.165, 1.54) is 5.56 Å². The summed E-state index contributed by atoms with van der Waals surface area (Å²) in [5.74, 6) is 6.70. The summed E-state index contributed by atoms with van der Waals surface area (Å²) in [6.07, 6.45) is 1.59. The first-order chi connectivity index (χ1) is 8.28. The van der Waals surface area contributed by atoms with Crippen molar-refractivity contribution >= 4 is 6.21 Å². The van der Waals surface area contributed by atoms with E-state index in [0.717, 1.165) is 17.1 Å². The number of ether oxygens (including phenoxy) is 1. The van der Waals surface area contributed by atoms with E-state index in [1.54, 1.807) is 6.21 Å². The Kier molecular flexibility index (Phi) is 3.40. The van der Waals surface area contributed by atoms with Gasteiger partial charge in [0.25, 0.3) is 0 Å². The molecule has 3 nitrogen and oxygen atoms in total. The Morgan fingerprint density at radius 1 is 0.941 bits per heavy atom. The van der Waals surface area contributed by atoms with E-state index in [2.05, 4.69) is 5.10 Å². The maximum absolute atomic E-state index is 5.69. The molecule has 0 saturated heterocycles. The van der Waals surface area contributed by atoms with Gasteiger partial charge in [0.2, 0.25) is 0 Å². The average Bonchev–Trinajstić information content (AvgIpc) is 2.35. The summed E-state index contributed by atoms with van der Waals surface area (Å²) in [4.78, 5) is 0. The molecule has 0 amide bonds. The Morgan fingerprint density at radius 2 is 1.47 bits per heavy atom. The highest BCUT2D eigenvalue weighted by molar-refractivity contribution is 5.79. The van der Waals surface area contributed by atoms with Crippen LogP contribution in [-0.2, 0) is 0 Å². The van der Waals surface area contributed by atoms with Crippen LogP contribution < -0.4 is 10.6 Å².